The van der Waals surface area contributed by atoms with Crippen molar-refractivity contribution in [1.29, 1.82) is 0 Å². The van der Waals surface area contributed by atoms with Crippen LogP contribution in [0, 0.1) is 5.41 Å². The Labute approximate surface area is 126 Å². The number of fused-ring (bicyclic) bond motifs is 1. The molecule has 0 bridgehead atoms. The van der Waals surface area contributed by atoms with E-state index in [1.807, 2.05) is 11.8 Å². The van der Waals surface area contributed by atoms with Gasteiger partial charge in [-0.3, -0.25) is 4.79 Å². The smallest absolute Gasteiger partial charge is 0.165 e. The minimum Gasteiger partial charge on any atom is -0.349 e. The fourth-order valence-electron chi connectivity index (χ4n) is 3.91. The fraction of sp³-hybridized carbons (Fsp3) is 0.706. The highest BCUT2D eigenvalue weighted by Gasteiger charge is 2.37. The van der Waals surface area contributed by atoms with E-state index in [1.54, 1.807) is 0 Å². The van der Waals surface area contributed by atoms with Gasteiger partial charge in [0.2, 0.25) is 0 Å². The minimum atomic E-state index is 0.113. The Kier molecular flexibility index (Phi) is 3.52. The molecule has 1 heterocycles. The van der Waals surface area contributed by atoms with Crippen LogP contribution in [-0.2, 0) is 13.0 Å². The number of hydrogen-bond donors (Lipinski definition) is 0. The fourth-order valence-corrected chi connectivity index (χ4v) is 4.87. The summed E-state index contributed by atoms with van der Waals surface area (Å²) in [4.78, 5) is 12.3. The van der Waals surface area contributed by atoms with Crippen LogP contribution in [0.4, 0.5) is 0 Å². The quantitative estimate of drug-likeness (QED) is 0.827. The average Bonchev–Trinajstić information content (AvgIpc) is 2.97. The van der Waals surface area contributed by atoms with Crippen molar-refractivity contribution in [3.8, 4) is 0 Å². The molecule has 0 aliphatic heterocycles. The SMILES string of the molecule is CSC1(Cn2ccc3c2CC(C)(C)CC3=O)CCCC1. The van der Waals surface area contributed by atoms with Gasteiger partial charge in [0.1, 0.15) is 0 Å². The second kappa shape index (κ2) is 4.94. The lowest BCUT2D eigenvalue weighted by Crippen LogP contribution is -2.31. The van der Waals surface area contributed by atoms with Crippen LogP contribution < -0.4 is 0 Å². The highest BCUT2D eigenvalue weighted by molar-refractivity contribution is 8.00. The van der Waals surface area contributed by atoms with E-state index in [9.17, 15) is 4.79 Å². The Morgan fingerprint density at radius 1 is 1.25 bits per heavy atom. The van der Waals surface area contributed by atoms with Crippen molar-refractivity contribution in [3.63, 3.8) is 0 Å². The first kappa shape index (κ1) is 14.2. The van der Waals surface area contributed by atoms with Crippen LogP contribution in [0.25, 0.3) is 0 Å². The lowest BCUT2D eigenvalue weighted by molar-refractivity contribution is 0.0909. The van der Waals surface area contributed by atoms with Crippen LogP contribution in [0.5, 0.6) is 0 Å². The molecule has 0 N–H and O–H groups in total. The van der Waals surface area contributed by atoms with Crippen LogP contribution in [0.3, 0.4) is 0 Å². The first-order chi connectivity index (χ1) is 9.45. The molecule has 0 saturated heterocycles. The summed E-state index contributed by atoms with van der Waals surface area (Å²) in [5, 5.41) is 0. The zero-order valence-electron chi connectivity index (χ0n) is 12.9. The number of hydrogen-bond acceptors (Lipinski definition) is 2. The van der Waals surface area contributed by atoms with Gasteiger partial charge in [-0.1, -0.05) is 26.7 Å². The molecule has 1 aromatic rings. The maximum absolute atomic E-state index is 12.3. The molecule has 2 aliphatic rings. The normalized spacial score (nSPS) is 23.9. The summed E-state index contributed by atoms with van der Waals surface area (Å²) in [5.74, 6) is 0.333. The van der Waals surface area contributed by atoms with Crippen LogP contribution in [0.1, 0.15) is 62.0 Å². The molecule has 20 heavy (non-hydrogen) atoms. The summed E-state index contributed by atoms with van der Waals surface area (Å²) >= 11 is 2.02. The largest absolute Gasteiger partial charge is 0.349 e. The van der Waals surface area contributed by atoms with Crippen molar-refractivity contribution < 1.29 is 4.79 Å². The van der Waals surface area contributed by atoms with E-state index in [0.29, 0.717) is 17.0 Å². The van der Waals surface area contributed by atoms with Crippen molar-refractivity contribution in [2.45, 2.75) is 63.7 Å². The molecule has 3 rings (SSSR count). The number of rotatable bonds is 3. The molecule has 2 aliphatic carbocycles. The number of aromatic nitrogens is 1. The Morgan fingerprint density at radius 3 is 2.60 bits per heavy atom. The summed E-state index contributed by atoms with van der Waals surface area (Å²) in [7, 11) is 0. The highest BCUT2D eigenvalue weighted by Crippen LogP contribution is 2.43. The van der Waals surface area contributed by atoms with Gasteiger partial charge in [-0.15, -0.1) is 0 Å². The molecular weight excluding hydrogens is 266 g/mol. The molecule has 1 saturated carbocycles. The third kappa shape index (κ3) is 2.45. The molecule has 0 amide bonds. The number of carbonyl (C=O) groups is 1. The number of carbonyl (C=O) groups excluding carboxylic acids is 1. The number of thioether (sulfide) groups is 1. The van der Waals surface area contributed by atoms with Crippen LogP contribution in [0.2, 0.25) is 0 Å². The third-order valence-corrected chi connectivity index (χ3v) is 6.47. The Balaban J connectivity index is 1.91. The van der Waals surface area contributed by atoms with Gasteiger partial charge in [0.05, 0.1) is 0 Å². The lowest BCUT2D eigenvalue weighted by Gasteiger charge is -2.33. The van der Waals surface area contributed by atoms with Crippen molar-refractivity contribution in [3.05, 3.63) is 23.5 Å². The highest BCUT2D eigenvalue weighted by atomic mass is 32.2. The third-order valence-electron chi connectivity index (χ3n) is 5.07. The van der Waals surface area contributed by atoms with E-state index in [1.165, 1.54) is 31.4 Å². The van der Waals surface area contributed by atoms with E-state index in [0.717, 1.165) is 18.5 Å². The van der Waals surface area contributed by atoms with Crippen LogP contribution in [0.15, 0.2) is 12.3 Å². The van der Waals surface area contributed by atoms with Crippen molar-refractivity contribution in [2.24, 2.45) is 5.41 Å². The predicted octanol–water partition coefficient (Wildman–Crippen LogP) is 4.32. The molecule has 0 radical (unpaired) electrons. The Morgan fingerprint density at radius 2 is 1.95 bits per heavy atom. The number of ketones is 1. The maximum atomic E-state index is 12.3. The summed E-state index contributed by atoms with van der Waals surface area (Å²) < 4.78 is 2.79. The zero-order valence-corrected chi connectivity index (χ0v) is 13.7. The van der Waals surface area contributed by atoms with Crippen molar-refractivity contribution in [1.82, 2.24) is 4.57 Å². The monoisotopic (exact) mass is 291 g/mol. The molecule has 0 aromatic carbocycles. The van der Waals surface area contributed by atoms with Crippen molar-refractivity contribution >= 4 is 17.5 Å². The molecular formula is C17H25NOS. The summed E-state index contributed by atoms with van der Waals surface area (Å²) in [6.07, 6.45) is 11.5. The van der Waals surface area contributed by atoms with E-state index >= 15 is 0 Å². The summed E-state index contributed by atoms with van der Waals surface area (Å²) in [5.41, 5.74) is 2.38. The van der Waals surface area contributed by atoms with E-state index in [-0.39, 0.29) is 5.41 Å². The molecule has 0 unspecified atom stereocenters. The average molecular weight is 291 g/mol. The molecule has 1 fully saturated rings. The van der Waals surface area contributed by atoms with Gasteiger partial charge in [-0.2, -0.15) is 11.8 Å². The molecule has 2 nitrogen and oxygen atoms in total. The standard InChI is InChI=1S/C17H25NOS/c1-16(2)10-14-13(15(19)11-16)6-9-18(14)12-17(20-3)7-4-5-8-17/h6,9H,4-5,7-8,10-12H2,1-3H3. The van der Waals surface area contributed by atoms with Crippen molar-refractivity contribution in [2.75, 3.05) is 6.26 Å². The van der Waals surface area contributed by atoms with E-state index < -0.39 is 0 Å². The maximum Gasteiger partial charge on any atom is 0.165 e. The first-order valence-electron chi connectivity index (χ1n) is 7.71. The van der Waals surface area contributed by atoms with Gasteiger partial charge < -0.3 is 4.57 Å². The molecule has 0 spiro atoms. The number of nitrogens with zero attached hydrogens (tertiary/aromatic N) is 1. The molecule has 3 heteroatoms. The summed E-state index contributed by atoms with van der Waals surface area (Å²) in [6, 6.07) is 2.05. The van der Waals surface area contributed by atoms with Crippen LogP contribution in [-0.4, -0.2) is 21.4 Å². The van der Waals surface area contributed by atoms with Gasteiger partial charge in [0.15, 0.2) is 5.78 Å². The Bertz CT molecular complexity index is 523. The summed E-state index contributed by atoms with van der Waals surface area (Å²) in [6.45, 7) is 5.50. The van der Waals surface area contributed by atoms with Gasteiger partial charge in [-0.05, 0) is 37.0 Å². The van der Waals surface area contributed by atoms with Gasteiger partial charge in [-0.25, -0.2) is 0 Å². The molecule has 110 valence electrons. The number of Topliss-reactive ketones (excluding diaryl/α,β-unsaturated/α-hetero) is 1. The van der Waals surface area contributed by atoms with Gasteiger partial charge in [0.25, 0.3) is 0 Å². The van der Waals surface area contributed by atoms with E-state index in [4.69, 9.17) is 0 Å². The zero-order chi connectivity index (χ0) is 14.4. The van der Waals surface area contributed by atoms with Gasteiger partial charge >= 0.3 is 0 Å². The lowest BCUT2D eigenvalue weighted by atomic mass is 9.76. The topological polar surface area (TPSA) is 22.0 Å². The second-order valence-electron chi connectivity index (χ2n) is 7.34. The molecule has 0 atom stereocenters. The van der Waals surface area contributed by atoms with Gasteiger partial charge in [0, 0.05) is 35.2 Å². The minimum absolute atomic E-state index is 0.113. The predicted molar refractivity (Wildman–Crippen MR) is 85.6 cm³/mol. The molecule has 1 aromatic heterocycles. The van der Waals surface area contributed by atoms with E-state index in [2.05, 4.69) is 36.9 Å². The van der Waals surface area contributed by atoms with Crippen LogP contribution >= 0.6 is 11.8 Å². The Hall–Kier alpha value is -0.700. The second-order valence-corrected chi connectivity index (χ2v) is 8.61. The first-order valence-corrected chi connectivity index (χ1v) is 8.94.